The number of aromatic nitrogens is 1. The average molecular weight is 313 g/mol. The van der Waals surface area contributed by atoms with Crippen LogP contribution in [0, 0.1) is 10.1 Å². The second-order valence-corrected chi connectivity index (χ2v) is 5.63. The summed E-state index contributed by atoms with van der Waals surface area (Å²) >= 11 is 0. The van der Waals surface area contributed by atoms with Crippen LogP contribution in [0.4, 0.5) is 5.69 Å². The second-order valence-electron chi connectivity index (χ2n) is 5.63. The van der Waals surface area contributed by atoms with Gasteiger partial charge in [-0.2, -0.15) is 0 Å². The van der Waals surface area contributed by atoms with Crippen LogP contribution >= 0.6 is 0 Å². The highest BCUT2D eigenvalue weighted by molar-refractivity contribution is 5.43. The summed E-state index contributed by atoms with van der Waals surface area (Å²) in [6.07, 6.45) is 5.09. The summed E-state index contributed by atoms with van der Waals surface area (Å²) in [5.41, 5.74) is 1.10. The summed E-state index contributed by atoms with van der Waals surface area (Å²) in [6.45, 7) is 3.47. The van der Waals surface area contributed by atoms with Crippen LogP contribution in [0.2, 0.25) is 0 Å². The molecule has 1 saturated heterocycles. The fraction of sp³-hybridized carbons (Fsp3) is 0.353. The highest BCUT2D eigenvalue weighted by Crippen LogP contribution is 2.28. The fourth-order valence-electron chi connectivity index (χ4n) is 2.73. The molecule has 0 unspecified atom stereocenters. The molecule has 120 valence electrons. The van der Waals surface area contributed by atoms with E-state index in [4.69, 9.17) is 4.74 Å². The molecular weight excluding hydrogens is 294 g/mol. The van der Waals surface area contributed by atoms with E-state index < -0.39 is 4.92 Å². The van der Waals surface area contributed by atoms with E-state index in [0.29, 0.717) is 5.75 Å². The summed E-state index contributed by atoms with van der Waals surface area (Å²) in [6, 6.07) is 10.6. The minimum absolute atomic E-state index is 0.0160. The first-order valence-electron chi connectivity index (χ1n) is 7.81. The standard InChI is InChI=1S/C17H19N3O3/c21-20(22)16-4-3-10-18-17(16)23-15-7-5-14(6-8-15)9-13-19-11-1-2-12-19/h3-8,10H,1-2,9,11-13H2. The first kappa shape index (κ1) is 15.4. The lowest BCUT2D eigenvalue weighted by Crippen LogP contribution is -2.21. The van der Waals surface area contributed by atoms with E-state index in [2.05, 4.69) is 9.88 Å². The van der Waals surface area contributed by atoms with Gasteiger partial charge in [-0.15, -0.1) is 0 Å². The number of pyridine rings is 1. The Balaban J connectivity index is 1.62. The SMILES string of the molecule is O=[N+]([O-])c1cccnc1Oc1ccc(CCN2CCCC2)cc1. The molecule has 0 saturated carbocycles. The molecule has 0 atom stereocenters. The molecule has 1 fully saturated rings. The fourth-order valence-corrected chi connectivity index (χ4v) is 2.73. The third-order valence-electron chi connectivity index (χ3n) is 4.00. The molecule has 6 heteroatoms. The minimum Gasteiger partial charge on any atom is -0.434 e. The summed E-state index contributed by atoms with van der Waals surface area (Å²) in [4.78, 5) is 16.9. The van der Waals surface area contributed by atoms with Crippen LogP contribution in [0.3, 0.4) is 0 Å². The quantitative estimate of drug-likeness (QED) is 0.604. The van der Waals surface area contributed by atoms with Gasteiger partial charge in [-0.25, -0.2) is 4.98 Å². The molecule has 1 aliphatic rings. The largest absolute Gasteiger partial charge is 0.434 e. The molecule has 23 heavy (non-hydrogen) atoms. The van der Waals surface area contributed by atoms with Crippen molar-refractivity contribution >= 4 is 5.69 Å². The monoisotopic (exact) mass is 313 g/mol. The number of likely N-dealkylation sites (tertiary alicyclic amines) is 1. The number of nitrogens with zero attached hydrogens (tertiary/aromatic N) is 3. The van der Waals surface area contributed by atoms with E-state index >= 15 is 0 Å². The van der Waals surface area contributed by atoms with Crippen LogP contribution in [0.15, 0.2) is 42.6 Å². The maximum Gasteiger partial charge on any atom is 0.331 e. The van der Waals surface area contributed by atoms with Gasteiger partial charge in [0.05, 0.1) is 4.92 Å². The van der Waals surface area contributed by atoms with Gasteiger partial charge >= 0.3 is 5.69 Å². The zero-order valence-corrected chi connectivity index (χ0v) is 12.9. The number of nitro groups is 1. The molecule has 2 heterocycles. The van der Waals surface area contributed by atoms with Crippen molar-refractivity contribution < 1.29 is 9.66 Å². The highest BCUT2D eigenvalue weighted by Gasteiger charge is 2.16. The first-order chi connectivity index (χ1) is 11.2. The smallest absolute Gasteiger partial charge is 0.331 e. The molecule has 0 spiro atoms. The number of benzene rings is 1. The van der Waals surface area contributed by atoms with E-state index in [0.717, 1.165) is 13.0 Å². The number of rotatable bonds is 6. The third kappa shape index (κ3) is 4.04. The summed E-state index contributed by atoms with van der Waals surface area (Å²) < 4.78 is 5.54. The van der Waals surface area contributed by atoms with Gasteiger partial charge in [0.2, 0.25) is 0 Å². The number of ether oxygens (including phenoxy) is 1. The van der Waals surface area contributed by atoms with Crippen LogP contribution in [-0.2, 0) is 6.42 Å². The third-order valence-corrected chi connectivity index (χ3v) is 4.00. The number of hydrogen-bond donors (Lipinski definition) is 0. The first-order valence-corrected chi connectivity index (χ1v) is 7.81. The van der Waals surface area contributed by atoms with Crippen molar-refractivity contribution in [2.24, 2.45) is 0 Å². The van der Waals surface area contributed by atoms with Crippen LogP contribution in [0.5, 0.6) is 11.6 Å². The minimum atomic E-state index is -0.493. The van der Waals surface area contributed by atoms with Crippen molar-refractivity contribution in [1.82, 2.24) is 9.88 Å². The van der Waals surface area contributed by atoms with Gasteiger partial charge in [-0.3, -0.25) is 10.1 Å². The van der Waals surface area contributed by atoms with E-state index in [1.54, 1.807) is 0 Å². The lowest BCUT2D eigenvalue weighted by molar-refractivity contribution is -0.386. The lowest BCUT2D eigenvalue weighted by Gasteiger charge is -2.14. The average Bonchev–Trinajstić information content (AvgIpc) is 3.08. The lowest BCUT2D eigenvalue weighted by atomic mass is 10.1. The molecule has 0 radical (unpaired) electrons. The molecule has 0 bridgehead atoms. The Labute approximate surface area is 134 Å². The normalized spacial score (nSPS) is 14.8. The summed E-state index contributed by atoms with van der Waals surface area (Å²) in [5, 5.41) is 11.0. The molecule has 0 amide bonds. The predicted octanol–water partition coefficient (Wildman–Crippen LogP) is 3.42. The molecule has 6 nitrogen and oxygen atoms in total. The molecule has 0 N–H and O–H groups in total. The predicted molar refractivity (Wildman–Crippen MR) is 86.8 cm³/mol. The molecule has 3 rings (SSSR count). The van der Waals surface area contributed by atoms with Gasteiger partial charge in [-0.05, 0) is 56.1 Å². The van der Waals surface area contributed by atoms with Gasteiger partial charge in [-0.1, -0.05) is 12.1 Å². The highest BCUT2D eigenvalue weighted by atomic mass is 16.6. The number of hydrogen-bond acceptors (Lipinski definition) is 5. The molecule has 1 aromatic heterocycles. The van der Waals surface area contributed by atoms with Crippen LogP contribution in [0.25, 0.3) is 0 Å². The zero-order chi connectivity index (χ0) is 16.1. The van der Waals surface area contributed by atoms with Crippen LogP contribution in [0.1, 0.15) is 18.4 Å². The maximum absolute atomic E-state index is 11.0. The summed E-state index contributed by atoms with van der Waals surface area (Å²) in [7, 11) is 0. The summed E-state index contributed by atoms with van der Waals surface area (Å²) in [5.74, 6) is 0.569. The Morgan fingerprint density at radius 1 is 1.17 bits per heavy atom. The Hall–Kier alpha value is -2.47. The Morgan fingerprint density at radius 3 is 2.61 bits per heavy atom. The van der Waals surface area contributed by atoms with Crippen molar-refractivity contribution in [2.45, 2.75) is 19.3 Å². The van der Waals surface area contributed by atoms with Crippen LogP contribution < -0.4 is 4.74 Å². The Bertz CT molecular complexity index is 667. The Morgan fingerprint density at radius 2 is 1.91 bits per heavy atom. The topological polar surface area (TPSA) is 68.5 Å². The Kier molecular flexibility index (Phi) is 4.83. The van der Waals surface area contributed by atoms with Gasteiger partial charge in [0.15, 0.2) is 0 Å². The molecule has 1 aromatic carbocycles. The van der Waals surface area contributed by atoms with Gasteiger partial charge in [0.25, 0.3) is 5.88 Å². The molecular formula is C17H19N3O3. The zero-order valence-electron chi connectivity index (χ0n) is 12.9. The van der Waals surface area contributed by atoms with Crippen molar-refractivity contribution in [2.75, 3.05) is 19.6 Å². The maximum atomic E-state index is 11.0. The van der Waals surface area contributed by atoms with E-state index in [9.17, 15) is 10.1 Å². The van der Waals surface area contributed by atoms with Crippen molar-refractivity contribution in [3.8, 4) is 11.6 Å². The van der Waals surface area contributed by atoms with Crippen molar-refractivity contribution in [3.63, 3.8) is 0 Å². The van der Waals surface area contributed by atoms with Crippen LogP contribution in [-0.4, -0.2) is 34.4 Å². The van der Waals surface area contributed by atoms with Gasteiger partial charge in [0.1, 0.15) is 5.75 Å². The molecule has 0 aliphatic carbocycles. The second kappa shape index (κ2) is 7.19. The van der Waals surface area contributed by atoms with Gasteiger partial charge < -0.3 is 9.64 Å². The van der Waals surface area contributed by atoms with Crippen molar-refractivity contribution in [3.05, 3.63) is 58.3 Å². The van der Waals surface area contributed by atoms with E-state index in [1.165, 1.54) is 49.8 Å². The van der Waals surface area contributed by atoms with E-state index in [-0.39, 0.29) is 11.6 Å². The van der Waals surface area contributed by atoms with Gasteiger partial charge in [0, 0.05) is 18.8 Å². The van der Waals surface area contributed by atoms with Crippen molar-refractivity contribution in [1.29, 1.82) is 0 Å². The molecule has 2 aromatic rings. The van der Waals surface area contributed by atoms with E-state index in [1.807, 2.05) is 24.3 Å². The molecule has 1 aliphatic heterocycles.